The first-order valence-electron chi connectivity index (χ1n) is 19.1. The van der Waals surface area contributed by atoms with Crippen LogP contribution in [0.25, 0.3) is 0 Å². The first-order valence-corrected chi connectivity index (χ1v) is 19.1. The van der Waals surface area contributed by atoms with Gasteiger partial charge in [-0.3, -0.25) is 29.3 Å². The van der Waals surface area contributed by atoms with Crippen molar-refractivity contribution in [1.82, 2.24) is 15.5 Å². The molecule has 0 saturated carbocycles. The van der Waals surface area contributed by atoms with Crippen LogP contribution in [0.2, 0.25) is 0 Å². The van der Waals surface area contributed by atoms with Gasteiger partial charge in [0.2, 0.25) is 17.7 Å². The first kappa shape index (κ1) is 42.6. The van der Waals surface area contributed by atoms with Crippen molar-refractivity contribution in [1.29, 1.82) is 0 Å². The number of nitrogens with one attached hydrogen (secondary N) is 2. The molecule has 0 bridgehead atoms. The molecule has 5 rings (SSSR count). The van der Waals surface area contributed by atoms with E-state index in [1.807, 2.05) is 84.6 Å². The minimum absolute atomic E-state index is 0.0274. The predicted molar refractivity (Wildman–Crippen MR) is 218 cm³/mol. The first-order chi connectivity index (χ1) is 28.0. The smallest absolute Gasteiger partial charge is 0.306 e. The molecule has 0 radical (unpaired) electrons. The third-order valence-electron chi connectivity index (χ3n) is 9.70. The molecular weight excluding hydrogens is 743 g/mol. The van der Waals surface area contributed by atoms with Crippen LogP contribution < -0.4 is 27.0 Å². The van der Waals surface area contributed by atoms with Crippen molar-refractivity contribution in [3.8, 4) is 0 Å². The average Bonchev–Trinajstić information content (AvgIpc) is 3.63. The predicted octanol–water partition coefficient (Wildman–Crippen LogP) is 4.11. The summed E-state index contributed by atoms with van der Waals surface area (Å²) in [4.78, 5) is 66.4. The van der Waals surface area contributed by atoms with Crippen LogP contribution in [-0.2, 0) is 36.8 Å². The monoisotopic (exact) mass is 791 g/mol. The molecule has 0 unspecified atom stereocenters. The molecule has 0 aliphatic carbocycles. The largest absolute Gasteiger partial charge is 0.464 e. The summed E-state index contributed by atoms with van der Waals surface area (Å²) in [5.74, 6) is -1.68. The van der Waals surface area contributed by atoms with Gasteiger partial charge in [0.05, 0.1) is 53.4 Å². The van der Waals surface area contributed by atoms with E-state index in [1.54, 1.807) is 12.1 Å². The Morgan fingerprint density at radius 3 is 1.72 bits per heavy atom. The molecule has 1 saturated heterocycles. The number of likely N-dealkylation sites (N-methyl/N-ethyl adjacent to an activating group) is 1. The maximum Gasteiger partial charge on any atom is 0.306 e. The molecule has 304 valence electrons. The van der Waals surface area contributed by atoms with Gasteiger partial charge in [-0.05, 0) is 67.3 Å². The van der Waals surface area contributed by atoms with Gasteiger partial charge in [0.1, 0.15) is 6.61 Å². The number of ether oxygens (including phenoxy) is 1. The molecule has 1 aliphatic heterocycles. The van der Waals surface area contributed by atoms with Gasteiger partial charge in [-0.2, -0.15) is 10.2 Å². The van der Waals surface area contributed by atoms with Crippen molar-refractivity contribution < 1.29 is 28.8 Å². The van der Waals surface area contributed by atoms with Crippen LogP contribution in [0, 0.1) is 10.1 Å². The van der Waals surface area contributed by atoms with Gasteiger partial charge >= 0.3 is 5.97 Å². The van der Waals surface area contributed by atoms with Gasteiger partial charge < -0.3 is 36.6 Å². The number of esters is 1. The Kier molecular flexibility index (Phi) is 15.5. The molecule has 3 amide bonds. The normalized spacial score (nSPS) is 16.0. The number of carbonyl (C=O) groups is 4. The van der Waals surface area contributed by atoms with Crippen molar-refractivity contribution in [2.45, 2.75) is 56.8 Å². The van der Waals surface area contributed by atoms with Gasteiger partial charge in [0.25, 0.3) is 5.69 Å². The molecule has 4 aromatic rings. The number of rotatable bonds is 19. The summed E-state index contributed by atoms with van der Waals surface area (Å²) in [6.45, 7) is 3.34. The fraction of sp³-hybridized carbons (Fsp3) is 0.333. The molecule has 58 heavy (non-hydrogen) atoms. The zero-order chi connectivity index (χ0) is 41.4. The summed E-state index contributed by atoms with van der Waals surface area (Å²) in [7, 11) is 0. The number of hydrogen-bond donors (Lipinski definition) is 4. The van der Waals surface area contributed by atoms with E-state index in [2.05, 4.69) is 20.9 Å². The summed E-state index contributed by atoms with van der Waals surface area (Å²) in [6, 6.07) is 28.8. The number of amides is 3. The number of nitrogens with two attached hydrogens (primary N) is 2. The number of hydrogen-bond acceptors (Lipinski definition) is 12. The van der Waals surface area contributed by atoms with Crippen LogP contribution in [0.3, 0.4) is 0 Å². The molecule has 1 aliphatic rings. The Bertz CT molecular complexity index is 1950. The number of nitro benzene ring substituents is 1. The van der Waals surface area contributed by atoms with Crippen LogP contribution in [0.15, 0.2) is 119 Å². The average molecular weight is 792 g/mol. The third kappa shape index (κ3) is 12.8. The van der Waals surface area contributed by atoms with E-state index >= 15 is 0 Å². The van der Waals surface area contributed by atoms with Gasteiger partial charge in [0.15, 0.2) is 0 Å². The quantitative estimate of drug-likeness (QED) is 0.0460. The Morgan fingerprint density at radius 2 is 1.26 bits per heavy atom. The van der Waals surface area contributed by atoms with Crippen molar-refractivity contribution in [2.24, 2.45) is 21.7 Å². The molecule has 16 nitrogen and oxygen atoms in total. The molecule has 0 spiro atoms. The fourth-order valence-electron chi connectivity index (χ4n) is 6.47. The van der Waals surface area contributed by atoms with Gasteiger partial charge in [-0.1, -0.05) is 60.7 Å². The number of carbonyl (C=O) groups excluding carboxylic acids is 4. The maximum atomic E-state index is 13.4. The zero-order valence-electron chi connectivity index (χ0n) is 32.3. The van der Waals surface area contributed by atoms with E-state index in [0.29, 0.717) is 37.3 Å². The fourth-order valence-corrected chi connectivity index (χ4v) is 6.47. The highest BCUT2D eigenvalue weighted by Gasteiger charge is 2.38. The lowest BCUT2D eigenvalue weighted by Crippen LogP contribution is -2.56. The molecule has 6 N–H and O–H groups in total. The highest BCUT2D eigenvalue weighted by Crippen LogP contribution is 2.24. The molecule has 1 heterocycles. The van der Waals surface area contributed by atoms with Crippen LogP contribution in [-0.4, -0.2) is 90.5 Å². The SMILES string of the molecule is CCN(CCOC(=O)CCC(=O)N1C[C@@H](NC(=O)[C@@H](N)Cc2ccccc2)[C@H](NC(=O)[C@@H](N)Cc2ccccc2)C1)c1ccc(N=Nc2ccc([N+](=O)[O-])cc2)cc1. The van der Waals surface area contributed by atoms with E-state index in [0.717, 1.165) is 16.8 Å². The van der Waals surface area contributed by atoms with Gasteiger partial charge in [0, 0.05) is 43.9 Å². The summed E-state index contributed by atoms with van der Waals surface area (Å²) >= 11 is 0. The summed E-state index contributed by atoms with van der Waals surface area (Å²) in [5, 5.41) is 25.0. The second kappa shape index (κ2) is 21.1. The molecule has 0 aromatic heterocycles. The van der Waals surface area contributed by atoms with E-state index < -0.39 is 46.9 Å². The highest BCUT2D eigenvalue weighted by molar-refractivity contribution is 5.85. The minimum atomic E-state index is -0.852. The number of nitrogens with zero attached hydrogens (tertiary/aromatic N) is 5. The lowest BCUT2D eigenvalue weighted by Gasteiger charge is -2.24. The van der Waals surface area contributed by atoms with E-state index in [4.69, 9.17) is 16.2 Å². The van der Waals surface area contributed by atoms with Crippen molar-refractivity contribution >= 4 is 46.4 Å². The highest BCUT2D eigenvalue weighted by atomic mass is 16.6. The number of benzene rings is 4. The second-order valence-corrected chi connectivity index (χ2v) is 13.9. The number of non-ortho nitro benzene ring substituents is 1. The van der Waals surface area contributed by atoms with Gasteiger partial charge in [-0.25, -0.2) is 0 Å². The molecule has 16 heteroatoms. The molecular formula is C42H49N9O7. The number of azo groups is 1. The van der Waals surface area contributed by atoms with Crippen LogP contribution in [0.1, 0.15) is 30.9 Å². The molecule has 4 aromatic carbocycles. The number of anilines is 1. The Hall–Kier alpha value is -6.52. The summed E-state index contributed by atoms with van der Waals surface area (Å²) < 4.78 is 5.47. The standard InChI is InChI=1S/C42H49N9O7/c1-2-49(33-17-13-31(14-18-33)47-48-32-15-19-34(20-16-32)51(56)57)23-24-58-40(53)22-21-39(52)50-27-37(45-41(54)35(43)25-29-9-5-3-6-10-29)38(28-50)46-42(55)36(44)26-30-11-7-4-8-12-30/h3-20,35-38H,2,21-28,43-44H2,1H3,(H,45,54)(H,46,55)/t35-,36-,37+,38+/m0/s1. The third-order valence-corrected chi connectivity index (χ3v) is 9.70. The lowest BCUT2D eigenvalue weighted by atomic mass is 10.0. The van der Waals surface area contributed by atoms with Crippen molar-refractivity contribution in [3.63, 3.8) is 0 Å². The zero-order valence-corrected chi connectivity index (χ0v) is 32.3. The van der Waals surface area contributed by atoms with Crippen molar-refractivity contribution in [3.05, 3.63) is 130 Å². The summed E-state index contributed by atoms with van der Waals surface area (Å²) in [6.07, 6.45) is 0.362. The van der Waals surface area contributed by atoms with Crippen molar-refractivity contribution in [2.75, 3.05) is 37.7 Å². The topological polar surface area (TPSA) is 228 Å². The lowest BCUT2D eigenvalue weighted by molar-refractivity contribution is -0.384. The Morgan fingerprint density at radius 1 is 0.776 bits per heavy atom. The second-order valence-electron chi connectivity index (χ2n) is 13.9. The van der Waals surface area contributed by atoms with Crippen LogP contribution in [0.4, 0.5) is 22.7 Å². The van der Waals surface area contributed by atoms with E-state index in [-0.39, 0.29) is 44.1 Å². The molecule has 1 fully saturated rings. The van der Waals surface area contributed by atoms with E-state index in [1.165, 1.54) is 29.2 Å². The number of nitro groups is 1. The maximum absolute atomic E-state index is 13.4. The Labute approximate surface area is 336 Å². The van der Waals surface area contributed by atoms with Gasteiger partial charge in [-0.15, -0.1) is 0 Å². The summed E-state index contributed by atoms with van der Waals surface area (Å²) in [5.41, 5.74) is 16.2. The van der Waals surface area contributed by atoms with Crippen LogP contribution >= 0.6 is 0 Å². The van der Waals surface area contributed by atoms with E-state index in [9.17, 15) is 29.3 Å². The molecule has 4 atom stereocenters. The minimum Gasteiger partial charge on any atom is -0.464 e. The van der Waals surface area contributed by atoms with Crippen LogP contribution in [0.5, 0.6) is 0 Å². The Balaban J connectivity index is 1.10. The number of likely N-dealkylation sites (tertiary alicyclic amines) is 1.